The van der Waals surface area contributed by atoms with Crippen LogP contribution in [0.4, 0.5) is 0 Å². The third kappa shape index (κ3) is 7.34. The quantitative estimate of drug-likeness (QED) is 0.681. The van der Waals surface area contributed by atoms with Crippen LogP contribution in [0.5, 0.6) is 0 Å². The smallest absolute Gasteiger partial charge is 0.220 e. The molecule has 5 heteroatoms. The molecule has 0 spiro atoms. The van der Waals surface area contributed by atoms with E-state index in [9.17, 15) is 9.90 Å². The number of rotatable bonds is 8. The van der Waals surface area contributed by atoms with Gasteiger partial charge in [-0.3, -0.25) is 4.79 Å². The van der Waals surface area contributed by atoms with E-state index in [2.05, 4.69) is 22.8 Å². The van der Waals surface area contributed by atoms with Gasteiger partial charge in [-0.15, -0.1) is 12.4 Å². The lowest BCUT2D eigenvalue weighted by Gasteiger charge is -2.22. The zero-order valence-electron chi connectivity index (χ0n) is 13.7. The molecule has 2 rings (SSSR count). The number of piperidine rings is 1. The Morgan fingerprint density at radius 3 is 2.61 bits per heavy atom. The van der Waals surface area contributed by atoms with Crippen LogP contribution >= 0.6 is 12.4 Å². The van der Waals surface area contributed by atoms with Crippen molar-refractivity contribution >= 4 is 18.3 Å². The van der Waals surface area contributed by atoms with Gasteiger partial charge in [0.25, 0.3) is 0 Å². The predicted molar refractivity (Wildman–Crippen MR) is 96.0 cm³/mol. The number of nitrogens with one attached hydrogen (secondary N) is 2. The summed E-state index contributed by atoms with van der Waals surface area (Å²) in [6, 6.07) is 10.1. The number of hydrogen-bond acceptors (Lipinski definition) is 3. The number of aliphatic hydroxyl groups is 1. The second kappa shape index (κ2) is 11.4. The molecule has 0 bridgehead atoms. The van der Waals surface area contributed by atoms with Gasteiger partial charge in [0.1, 0.15) is 0 Å². The van der Waals surface area contributed by atoms with Crippen molar-refractivity contribution in [3.05, 3.63) is 35.9 Å². The largest absolute Gasteiger partial charge is 0.396 e. The highest BCUT2D eigenvalue weighted by Gasteiger charge is 2.16. The van der Waals surface area contributed by atoms with E-state index in [-0.39, 0.29) is 30.8 Å². The third-order valence-electron chi connectivity index (χ3n) is 4.53. The molecule has 1 aromatic carbocycles. The zero-order valence-corrected chi connectivity index (χ0v) is 14.5. The van der Waals surface area contributed by atoms with Crippen LogP contribution in [0, 0.1) is 5.92 Å². The van der Waals surface area contributed by atoms with Crippen LogP contribution in [0.15, 0.2) is 30.3 Å². The predicted octanol–water partition coefficient (Wildman–Crippen LogP) is 2.47. The molecule has 23 heavy (non-hydrogen) atoms. The molecule has 130 valence electrons. The number of amides is 1. The Morgan fingerprint density at radius 1 is 1.26 bits per heavy atom. The molecule has 1 heterocycles. The van der Waals surface area contributed by atoms with Crippen molar-refractivity contribution in [1.82, 2.24) is 10.6 Å². The van der Waals surface area contributed by atoms with Crippen molar-refractivity contribution in [3.63, 3.8) is 0 Å². The number of halogens is 1. The van der Waals surface area contributed by atoms with E-state index in [0.717, 1.165) is 19.5 Å². The Morgan fingerprint density at radius 2 is 1.96 bits per heavy atom. The van der Waals surface area contributed by atoms with E-state index in [4.69, 9.17) is 0 Å². The second-order valence-corrected chi connectivity index (χ2v) is 6.16. The standard InChI is InChI=1S/C18H28N2O2.ClH/c21-13-10-17(16-4-2-1-3-5-16)14-20-18(22)7-6-15-8-11-19-12-9-15;/h1-5,15,17,19,21H,6-14H2,(H,20,22);1H. The van der Waals surface area contributed by atoms with Gasteiger partial charge in [0.05, 0.1) is 0 Å². The number of benzene rings is 1. The van der Waals surface area contributed by atoms with E-state index in [0.29, 0.717) is 25.3 Å². The van der Waals surface area contributed by atoms with Crippen LogP contribution in [0.25, 0.3) is 0 Å². The van der Waals surface area contributed by atoms with Gasteiger partial charge < -0.3 is 15.7 Å². The second-order valence-electron chi connectivity index (χ2n) is 6.16. The highest BCUT2D eigenvalue weighted by molar-refractivity contribution is 5.85. The van der Waals surface area contributed by atoms with Crippen molar-refractivity contribution in [3.8, 4) is 0 Å². The van der Waals surface area contributed by atoms with Gasteiger partial charge in [-0.1, -0.05) is 30.3 Å². The maximum absolute atomic E-state index is 12.0. The van der Waals surface area contributed by atoms with Gasteiger partial charge >= 0.3 is 0 Å². The van der Waals surface area contributed by atoms with Crippen molar-refractivity contribution in [1.29, 1.82) is 0 Å². The lowest BCUT2D eigenvalue weighted by Crippen LogP contribution is -2.31. The molecule has 1 fully saturated rings. The number of carbonyl (C=O) groups is 1. The minimum atomic E-state index is 0. The summed E-state index contributed by atoms with van der Waals surface area (Å²) in [5.74, 6) is 1.01. The van der Waals surface area contributed by atoms with E-state index in [1.54, 1.807) is 0 Å². The highest BCUT2D eigenvalue weighted by Crippen LogP contribution is 2.19. The fraction of sp³-hybridized carbons (Fsp3) is 0.611. The van der Waals surface area contributed by atoms with Gasteiger partial charge in [-0.25, -0.2) is 0 Å². The number of carbonyl (C=O) groups excluding carboxylic acids is 1. The highest BCUT2D eigenvalue weighted by atomic mass is 35.5. The molecule has 1 amide bonds. The van der Waals surface area contributed by atoms with Crippen LogP contribution in [0.2, 0.25) is 0 Å². The lowest BCUT2D eigenvalue weighted by molar-refractivity contribution is -0.121. The maximum atomic E-state index is 12.0. The lowest BCUT2D eigenvalue weighted by atomic mass is 9.93. The summed E-state index contributed by atoms with van der Waals surface area (Å²) < 4.78 is 0. The summed E-state index contributed by atoms with van der Waals surface area (Å²) in [4.78, 5) is 12.0. The topological polar surface area (TPSA) is 61.4 Å². The number of hydrogen-bond donors (Lipinski definition) is 3. The molecule has 4 nitrogen and oxygen atoms in total. The maximum Gasteiger partial charge on any atom is 0.220 e. The summed E-state index contributed by atoms with van der Waals surface area (Å²) in [7, 11) is 0. The molecule has 1 unspecified atom stereocenters. The van der Waals surface area contributed by atoms with Gasteiger partial charge in [-0.2, -0.15) is 0 Å². The van der Waals surface area contributed by atoms with Crippen molar-refractivity contribution in [2.24, 2.45) is 5.92 Å². The van der Waals surface area contributed by atoms with E-state index < -0.39 is 0 Å². The first-order valence-corrected chi connectivity index (χ1v) is 8.43. The normalized spacial score (nSPS) is 16.4. The van der Waals surface area contributed by atoms with E-state index in [1.165, 1.54) is 18.4 Å². The molecule has 0 saturated carbocycles. The SMILES string of the molecule is Cl.O=C(CCC1CCNCC1)NCC(CCO)c1ccccc1. The van der Waals surface area contributed by atoms with Crippen molar-refractivity contribution in [2.75, 3.05) is 26.2 Å². The molecule has 1 aromatic rings. The van der Waals surface area contributed by atoms with Gasteiger partial charge in [-0.05, 0) is 50.3 Å². The fourth-order valence-electron chi connectivity index (χ4n) is 3.10. The molecule has 3 N–H and O–H groups in total. The minimum Gasteiger partial charge on any atom is -0.396 e. The van der Waals surface area contributed by atoms with E-state index in [1.807, 2.05) is 18.2 Å². The molecule has 0 radical (unpaired) electrons. The summed E-state index contributed by atoms with van der Waals surface area (Å²) in [6.07, 6.45) is 4.66. The Labute approximate surface area is 145 Å². The summed E-state index contributed by atoms with van der Waals surface area (Å²) in [5, 5.41) is 15.6. The molecule has 1 aliphatic heterocycles. The first kappa shape index (κ1) is 19.9. The average molecular weight is 341 g/mol. The van der Waals surface area contributed by atoms with Crippen LogP contribution < -0.4 is 10.6 Å². The molecule has 1 saturated heterocycles. The monoisotopic (exact) mass is 340 g/mol. The Balaban J connectivity index is 0.00000264. The number of aliphatic hydroxyl groups excluding tert-OH is 1. The molecular formula is C18H29ClN2O2. The van der Waals surface area contributed by atoms with Gasteiger partial charge in [0.2, 0.25) is 5.91 Å². The molecule has 1 atom stereocenters. The third-order valence-corrected chi connectivity index (χ3v) is 4.53. The van der Waals surface area contributed by atoms with E-state index >= 15 is 0 Å². The minimum absolute atomic E-state index is 0. The summed E-state index contributed by atoms with van der Waals surface area (Å²) in [5.41, 5.74) is 1.18. The van der Waals surface area contributed by atoms with Crippen molar-refractivity contribution in [2.45, 2.75) is 38.0 Å². The van der Waals surface area contributed by atoms with Gasteiger partial charge in [0.15, 0.2) is 0 Å². The zero-order chi connectivity index (χ0) is 15.6. The summed E-state index contributed by atoms with van der Waals surface area (Å²) in [6.45, 7) is 2.91. The first-order chi connectivity index (χ1) is 10.8. The Bertz CT molecular complexity index is 436. The molecule has 1 aliphatic rings. The average Bonchev–Trinajstić information content (AvgIpc) is 2.58. The van der Waals surface area contributed by atoms with Crippen molar-refractivity contribution < 1.29 is 9.90 Å². The van der Waals surface area contributed by atoms with Crippen LogP contribution in [-0.2, 0) is 4.79 Å². The van der Waals surface area contributed by atoms with Crippen LogP contribution in [0.1, 0.15) is 43.6 Å². The van der Waals surface area contributed by atoms with Crippen LogP contribution in [0.3, 0.4) is 0 Å². The Hall–Kier alpha value is -1.10. The molecule has 0 aromatic heterocycles. The first-order valence-electron chi connectivity index (χ1n) is 8.43. The Kier molecular flexibility index (Phi) is 9.92. The van der Waals surface area contributed by atoms with Gasteiger partial charge in [0, 0.05) is 25.5 Å². The molecular weight excluding hydrogens is 312 g/mol. The summed E-state index contributed by atoms with van der Waals surface area (Å²) >= 11 is 0. The molecule has 0 aliphatic carbocycles. The van der Waals surface area contributed by atoms with Crippen LogP contribution in [-0.4, -0.2) is 37.3 Å². The fourth-order valence-corrected chi connectivity index (χ4v) is 3.10.